The number of ether oxygens (including phenoxy) is 1. The van der Waals surface area contributed by atoms with Crippen LogP contribution in [0.25, 0.3) is 0 Å². The van der Waals surface area contributed by atoms with E-state index >= 15 is 0 Å². The molecular formula is C19H24N2O2. The number of unbranched alkanes of at least 4 members (excludes halogenated alkanes) is 1. The fourth-order valence-electron chi connectivity index (χ4n) is 2.44. The van der Waals surface area contributed by atoms with Crippen molar-refractivity contribution in [3.8, 4) is 5.75 Å². The first-order valence-electron chi connectivity index (χ1n) is 8.01. The first kappa shape index (κ1) is 17.0. The van der Waals surface area contributed by atoms with E-state index in [1.807, 2.05) is 31.2 Å². The molecule has 0 radical (unpaired) electrons. The van der Waals surface area contributed by atoms with Crippen molar-refractivity contribution in [3.63, 3.8) is 0 Å². The van der Waals surface area contributed by atoms with Crippen LogP contribution < -0.4 is 10.1 Å². The van der Waals surface area contributed by atoms with Gasteiger partial charge in [0.25, 0.3) is 0 Å². The van der Waals surface area contributed by atoms with Gasteiger partial charge >= 0.3 is 0 Å². The van der Waals surface area contributed by atoms with E-state index < -0.39 is 0 Å². The molecule has 2 aromatic rings. The van der Waals surface area contributed by atoms with Crippen molar-refractivity contribution >= 4 is 5.91 Å². The summed E-state index contributed by atoms with van der Waals surface area (Å²) in [4.78, 5) is 16.0. The lowest BCUT2D eigenvalue weighted by Crippen LogP contribution is -2.26. The molecule has 0 aliphatic carbocycles. The molecule has 1 unspecified atom stereocenters. The largest absolute Gasteiger partial charge is 0.497 e. The van der Waals surface area contributed by atoms with E-state index in [0.717, 1.165) is 30.6 Å². The second-order valence-corrected chi connectivity index (χ2v) is 5.63. The SMILES string of the molecule is COc1ccc(CCCCC(=O)NC(C)c2cccnc2)cc1. The predicted molar refractivity (Wildman–Crippen MR) is 91.3 cm³/mol. The van der Waals surface area contributed by atoms with Gasteiger partial charge in [-0.1, -0.05) is 18.2 Å². The second kappa shape index (κ2) is 8.93. The van der Waals surface area contributed by atoms with Crippen LogP contribution in [0.3, 0.4) is 0 Å². The van der Waals surface area contributed by atoms with E-state index in [1.54, 1.807) is 19.5 Å². The van der Waals surface area contributed by atoms with Crippen molar-refractivity contribution < 1.29 is 9.53 Å². The van der Waals surface area contributed by atoms with Crippen LogP contribution in [0.4, 0.5) is 0 Å². The zero-order valence-electron chi connectivity index (χ0n) is 13.8. The minimum Gasteiger partial charge on any atom is -0.497 e. The van der Waals surface area contributed by atoms with Crippen LogP contribution in [-0.4, -0.2) is 18.0 Å². The fraction of sp³-hybridized carbons (Fsp3) is 0.368. The number of benzene rings is 1. The molecule has 4 heteroatoms. The number of pyridine rings is 1. The van der Waals surface area contributed by atoms with Gasteiger partial charge in [0.05, 0.1) is 13.2 Å². The number of amides is 1. The molecule has 1 atom stereocenters. The molecule has 1 amide bonds. The topological polar surface area (TPSA) is 51.2 Å². The van der Waals surface area contributed by atoms with E-state index in [4.69, 9.17) is 4.74 Å². The van der Waals surface area contributed by atoms with E-state index in [2.05, 4.69) is 22.4 Å². The fourth-order valence-corrected chi connectivity index (χ4v) is 2.44. The zero-order valence-corrected chi connectivity index (χ0v) is 13.8. The van der Waals surface area contributed by atoms with Crippen LogP contribution in [0.1, 0.15) is 43.4 Å². The highest BCUT2D eigenvalue weighted by Gasteiger charge is 2.09. The zero-order chi connectivity index (χ0) is 16.5. The lowest BCUT2D eigenvalue weighted by Gasteiger charge is -2.13. The van der Waals surface area contributed by atoms with Crippen molar-refractivity contribution in [3.05, 3.63) is 59.9 Å². The third-order valence-electron chi connectivity index (χ3n) is 3.84. The lowest BCUT2D eigenvalue weighted by atomic mass is 10.1. The molecule has 1 aromatic heterocycles. The molecule has 23 heavy (non-hydrogen) atoms. The number of aromatic nitrogens is 1. The Morgan fingerprint density at radius 2 is 2.00 bits per heavy atom. The first-order valence-corrected chi connectivity index (χ1v) is 8.01. The van der Waals surface area contributed by atoms with Gasteiger partial charge in [-0.05, 0) is 55.5 Å². The highest BCUT2D eigenvalue weighted by Crippen LogP contribution is 2.14. The molecule has 0 fully saturated rings. The maximum atomic E-state index is 12.0. The number of carbonyl (C=O) groups is 1. The predicted octanol–water partition coefficient (Wildman–Crippen LogP) is 3.68. The summed E-state index contributed by atoms with van der Waals surface area (Å²) in [6, 6.07) is 11.9. The summed E-state index contributed by atoms with van der Waals surface area (Å²) in [6.07, 6.45) is 6.95. The molecule has 0 aliphatic rings. The van der Waals surface area contributed by atoms with Crippen molar-refractivity contribution in [2.75, 3.05) is 7.11 Å². The Balaban J connectivity index is 1.66. The number of hydrogen-bond acceptors (Lipinski definition) is 3. The van der Waals surface area contributed by atoms with Gasteiger partial charge in [0.15, 0.2) is 0 Å². The van der Waals surface area contributed by atoms with Gasteiger partial charge < -0.3 is 10.1 Å². The number of carbonyl (C=O) groups excluding carboxylic acids is 1. The van der Waals surface area contributed by atoms with Gasteiger partial charge in [-0.15, -0.1) is 0 Å². The molecule has 1 N–H and O–H groups in total. The Kier molecular flexibility index (Phi) is 6.60. The van der Waals surface area contributed by atoms with E-state index in [-0.39, 0.29) is 11.9 Å². The van der Waals surface area contributed by atoms with Crippen molar-refractivity contribution in [2.45, 2.75) is 38.6 Å². The van der Waals surface area contributed by atoms with E-state index in [0.29, 0.717) is 6.42 Å². The molecule has 1 aromatic carbocycles. The highest BCUT2D eigenvalue weighted by molar-refractivity contribution is 5.76. The lowest BCUT2D eigenvalue weighted by molar-refractivity contribution is -0.121. The summed E-state index contributed by atoms with van der Waals surface area (Å²) in [7, 11) is 1.67. The Bertz CT molecular complexity index is 597. The second-order valence-electron chi connectivity index (χ2n) is 5.63. The number of aryl methyl sites for hydroxylation is 1. The van der Waals surface area contributed by atoms with Gasteiger partial charge in [-0.3, -0.25) is 9.78 Å². The number of nitrogens with zero attached hydrogens (tertiary/aromatic N) is 1. The third-order valence-corrected chi connectivity index (χ3v) is 3.84. The molecule has 0 aliphatic heterocycles. The maximum absolute atomic E-state index is 12.0. The van der Waals surface area contributed by atoms with Crippen LogP contribution in [-0.2, 0) is 11.2 Å². The summed E-state index contributed by atoms with van der Waals surface area (Å²) in [5, 5.41) is 3.01. The smallest absolute Gasteiger partial charge is 0.220 e. The Morgan fingerprint density at radius 1 is 1.22 bits per heavy atom. The molecule has 1 heterocycles. The summed E-state index contributed by atoms with van der Waals surface area (Å²) >= 11 is 0. The Hall–Kier alpha value is -2.36. The summed E-state index contributed by atoms with van der Waals surface area (Å²) in [6.45, 7) is 1.98. The van der Waals surface area contributed by atoms with Crippen molar-refractivity contribution in [1.29, 1.82) is 0 Å². The van der Waals surface area contributed by atoms with Crippen molar-refractivity contribution in [2.24, 2.45) is 0 Å². The van der Waals surface area contributed by atoms with E-state index in [9.17, 15) is 4.79 Å². The maximum Gasteiger partial charge on any atom is 0.220 e. The molecule has 0 saturated carbocycles. The molecule has 122 valence electrons. The molecule has 0 saturated heterocycles. The van der Waals surface area contributed by atoms with Crippen LogP contribution in [0, 0.1) is 0 Å². The third kappa shape index (κ3) is 5.74. The van der Waals surface area contributed by atoms with Crippen LogP contribution in [0.2, 0.25) is 0 Å². The first-order chi connectivity index (χ1) is 11.2. The van der Waals surface area contributed by atoms with Gasteiger partial charge in [0.2, 0.25) is 5.91 Å². The van der Waals surface area contributed by atoms with Gasteiger partial charge in [0, 0.05) is 18.8 Å². The Labute approximate surface area is 137 Å². The van der Waals surface area contributed by atoms with Gasteiger partial charge in [-0.25, -0.2) is 0 Å². The number of hydrogen-bond donors (Lipinski definition) is 1. The summed E-state index contributed by atoms with van der Waals surface area (Å²) < 4.78 is 5.14. The Morgan fingerprint density at radius 3 is 2.65 bits per heavy atom. The summed E-state index contributed by atoms with van der Waals surface area (Å²) in [5.74, 6) is 0.966. The standard InChI is InChI=1S/C19H24N2O2/c1-15(17-7-5-13-20-14-17)21-19(22)8-4-3-6-16-9-11-18(23-2)12-10-16/h5,7,9-15H,3-4,6,8H2,1-2H3,(H,21,22). The minimum atomic E-state index is -0.00205. The number of nitrogens with one attached hydrogen (secondary N) is 1. The highest BCUT2D eigenvalue weighted by atomic mass is 16.5. The number of methoxy groups -OCH3 is 1. The monoisotopic (exact) mass is 312 g/mol. The molecule has 4 nitrogen and oxygen atoms in total. The quantitative estimate of drug-likeness (QED) is 0.757. The molecule has 0 spiro atoms. The van der Waals surface area contributed by atoms with E-state index in [1.165, 1.54) is 5.56 Å². The van der Waals surface area contributed by atoms with Gasteiger partial charge in [0.1, 0.15) is 5.75 Å². The average molecular weight is 312 g/mol. The van der Waals surface area contributed by atoms with Crippen LogP contribution >= 0.6 is 0 Å². The normalized spacial score (nSPS) is 11.7. The van der Waals surface area contributed by atoms with Crippen LogP contribution in [0.5, 0.6) is 5.75 Å². The molecule has 0 bridgehead atoms. The van der Waals surface area contributed by atoms with Crippen LogP contribution in [0.15, 0.2) is 48.8 Å². The average Bonchev–Trinajstić information content (AvgIpc) is 2.60. The molecule has 2 rings (SSSR count). The minimum absolute atomic E-state index is 0.00205. The van der Waals surface area contributed by atoms with Crippen molar-refractivity contribution in [1.82, 2.24) is 10.3 Å². The number of rotatable bonds is 8. The van der Waals surface area contributed by atoms with Gasteiger partial charge in [-0.2, -0.15) is 0 Å². The summed E-state index contributed by atoms with van der Waals surface area (Å²) in [5.41, 5.74) is 2.30. The molecular weight excluding hydrogens is 288 g/mol.